The van der Waals surface area contributed by atoms with Gasteiger partial charge in [-0.1, -0.05) is 102 Å². The van der Waals surface area contributed by atoms with Crippen LogP contribution in [0.15, 0.2) is 60.9 Å². The molecule has 2 aromatic carbocycles. The molecule has 55 heavy (non-hydrogen) atoms. The zero-order chi connectivity index (χ0) is 38.9. The summed E-state index contributed by atoms with van der Waals surface area (Å²) in [7, 11) is 1.65. The largest absolute Gasteiger partial charge is 0.465 e. The molecule has 12 heteroatoms. The van der Waals surface area contributed by atoms with Gasteiger partial charge in [-0.2, -0.15) is 0 Å². The van der Waals surface area contributed by atoms with E-state index in [2.05, 4.69) is 102 Å². The summed E-state index contributed by atoms with van der Waals surface area (Å²) in [5.74, 6) is 2.44. The summed E-state index contributed by atoms with van der Waals surface area (Å²) >= 11 is 0. The van der Waals surface area contributed by atoms with Gasteiger partial charge in [0.15, 0.2) is 0 Å². The molecule has 0 spiro atoms. The van der Waals surface area contributed by atoms with E-state index in [9.17, 15) is 14.7 Å². The first-order chi connectivity index (χ1) is 26.8. The van der Waals surface area contributed by atoms with Crippen molar-refractivity contribution in [3.05, 3.63) is 72.6 Å². The van der Waals surface area contributed by atoms with E-state index < -0.39 is 6.09 Å². The van der Waals surface area contributed by atoms with E-state index in [1.54, 1.807) is 7.11 Å². The zero-order valence-corrected chi connectivity index (χ0v) is 33.2. The number of benzene rings is 2. The molecule has 4 atom stereocenters. The van der Waals surface area contributed by atoms with Crippen LogP contribution in [0.5, 0.6) is 0 Å². The predicted octanol–water partition coefficient (Wildman–Crippen LogP) is 8.00. The van der Waals surface area contributed by atoms with Gasteiger partial charge in [0.2, 0.25) is 5.91 Å². The van der Waals surface area contributed by atoms with Crippen molar-refractivity contribution in [1.29, 1.82) is 0 Å². The van der Waals surface area contributed by atoms with Gasteiger partial charge in [0.25, 0.3) is 0 Å². The standard InChI is InChI=1S/C43H60N8O4/c1-6-28(7-2)36(49-43(53)54)26-50-22-10-12-37(50)40-44-24-34(47-40)32-18-14-30(15-19-32)31-16-20-33(21-17-31)35-25-45-41(48-35)38-13-11-23-51(38)42(52)39(46-27-55-5)29(8-3)9-4/h14-21,24-25,28-29,36-39,46,49H,6-13,22-23,26-27H2,1-5H3,(H,44,47)(H,45,48)(H,53,54)/t36-,37+,38?,39+/m1/s1. The van der Waals surface area contributed by atoms with Crippen LogP contribution in [0.4, 0.5) is 4.79 Å². The van der Waals surface area contributed by atoms with E-state index in [1.807, 2.05) is 17.3 Å². The number of nitrogens with one attached hydrogen (secondary N) is 4. The molecular weight excluding hydrogens is 693 g/mol. The predicted molar refractivity (Wildman–Crippen MR) is 216 cm³/mol. The van der Waals surface area contributed by atoms with Gasteiger partial charge < -0.3 is 30.0 Å². The Morgan fingerprint density at radius 1 is 0.782 bits per heavy atom. The normalized spacial score (nSPS) is 18.7. The number of rotatable bonds is 18. The molecule has 0 aliphatic carbocycles. The van der Waals surface area contributed by atoms with Crippen molar-refractivity contribution >= 4 is 12.0 Å². The van der Waals surface area contributed by atoms with Crippen LogP contribution in [0.2, 0.25) is 0 Å². The number of hydrogen-bond acceptors (Lipinski definition) is 7. The molecule has 12 nitrogen and oxygen atoms in total. The van der Waals surface area contributed by atoms with E-state index >= 15 is 0 Å². The van der Waals surface area contributed by atoms with Crippen LogP contribution in [-0.4, -0.2) is 92.4 Å². The summed E-state index contributed by atoms with van der Waals surface area (Å²) in [6.45, 7) is 11.2. The summed E-state index contributed by atoms with van der Waals surface area (Å²) in [6, 6.07) is 16.7. The van der Waals surface area contributed by atoms with Crippen LogP contribution < -0.4 is 10.6 Å². The minimum atomic E-state index is -0.960. The fourth-order valence-electron chi connectivity index (χ4n) is 8.81. The second-order valence-electron chi connectivity index (χ2n) is 15.2. The third kappa shape index (κ3) is 9.31. The lowest BCUT2D eigenvalue weighted by atomic mass is 9.93. The molecule has 296 valence electrons. The molecule has 0 saturated carbocycles. The third-order valence-electron chi connectivity index (χ3n) is 12.0. The smallest absolute Gasteiger partial charge is 0.404 e. The molecule has 2 aliphatic heterocycles. The number of likely N-dealkylation sites (tertiary alicyclic amines) is 2. The Hall–Kier alpha value is -4.52. The molecule has 2 fully saturated rings. The lowest BCUT2D eigenvalue weighted by Gasteiger charge is -2.32. The number of nitrogens with zero attached hydrogens (tertiary/aromatic N) is 4. The van der Waals surface area contributed by atoms with Gasteiger partial charge in [-0.3, -0.25) is 15.0 Å². The van der Waals surface area contributed by atoms with E-state index in [4.69, 9.17) is 14.7 Å². The number of carbonyl (C=O) groups excluding carboxylic acids is 1. The molecule has 0 bridgehead atoms. The van der Waals surface area contributed by atoms with E-state index in [0.717, 1.165) is 110 Å². The van der Waals surface area contributed by atoms with E-state index in [-0.39, 0.29) is 36.0 Å². The summed E-state index contributed by atoms with van der Waals surface area (Å²) in [6.07, 6.45) is 10.5. The van der Waals surface area contributed by atoms with Gasteiger partial charge in [-0.25, -0.2) is 14.8 Å². The van der Waals surface area contributed by atoms with Crippen molar-refractivity contribution in [2.24, 2.45) is 11.8 Å². The zero-order valence-electron chi connectivity index (χ0n) is 33.2. The molecule has 1 unspecified atom stereocenters. The maximum absolute atomic E-state index is 13.8. The molecule has 2 amide bonds. The van der Waals surface area contributed by atoms with Gasteiger partial charge in [0, 0.05) is 26.2 Å². The summed E-state index contributed by atoms with van der Waals surface area (Å²) < 4.78 is 5.28. The fraction of sp³-hybridized carbons (Fsp3) is 0.535. The Bertz CT molecular complexity index is 1810. The Morgan fingerprint density at radius 3 is 1.82 bits per heavy atom. The number of amides is 2. The minimum absolute atomic E-state index is 0.0730. The van der Waals surface area contributed by atoms with Crippen LogP contribution in [0.25, 0.3) is 33.6 Å². The first-order valence-electron chi connectivity index (χ1n) is 20.4. The number of imidazole rings is 2. The molecule has 5 N–H and O–H groups in total. The number of carboxylic acid groups (broad SMARTS) is 1. The highest BCUT2D eigenvalue weighted by Crippen LogP contribution is 2.35. The molecule has 2 aromatic heterocycles. The van der Waals surface area contributed by atoms with Crippen LogP contribution in [-0.2, 0) is 9.53 Å². The first-order valence-corrected chi connectivity index (χ1v) is 20.4. The Morgan fingerprint density at radius 2 is 1.29 bits per heavy atom. The number of carbonyl (C=O) groups is 2. The Labute approximate surface area is 325 Å². The molecule has 4 aromatic rings. The van der Waals surface area contributed by atoms with Gasteiger partial charge in [-0.05, 0) is 66.3 Å². The highest BCUT2D eigenvalue weighted by molar-refractivity contribution is 5.83. The summed E-state index contributed by atoms with van der Waals surface area (Å²) in [5, 5.41) is 15.6. The number of aromatic nitrogens is 4. The highest BCUT2D eigenvalue weighted by Gasteiger charge is 2.38. The minimum Gasteiger partial charge on any atom is -0.465 e. The maximum atomic E-state index is 13.8. The first kappa shape index (κ1) is 40.2. The molecule has 0 radical (unpaired) electrons. The lowest BCUT2D eigenvalue weighted by Crippen LogP contribution is -2.50. The van der Waals surface area contributed by atoms with Crippen molar-refractivity contribution in [2.45, 2.75) is 103 Å². The average Bonchev–Trinajstić information content (AvgIpc) is 4.04. The number of ether oxygens (including phenoxy) is 1. The van der Waals surface area contributed by atoms with Gasteiger partial charge in [0.1, 0.15) is 11.6 Å². The molecule has 6 rings (SSSR count). The maximum Gasteiger partial charge on any atom is 0.404 e. The molecule has 2 aliphatic rings. The van der Waals surface area contributed by atoms with E-state index in [1.165, 1.54) is 0 Å². The average molecular weight is 753 g/mol. The molecular formula is C43H60N8O4. The van der Waals surface area contributed by atoms with Crippen LogP contribution in [0.1, 0.15) is 103 Å². The van der Waals surface area contributed by atoms with Gasteiger partial charge in [-0.15, -0.1) is 0 Å². The third-order valence-corrected chi connectivity index (χ3v) is 12.0. The summed E-state index contributed by atoms with van der Waals surface area (Å²) in [5.41, 5.74) is 6.25. The quantitative estimate of drug-likeness (QED) is 0.0642. The second-order valence-corrected chi connectivity index (χ2v) is 15.2. The number of hydrogen-bond donors (Lipinski definition) is 5. The second kappa shape index (κ2) is 18.9. The highest BCUT2D eigenvalue weighted by atomic mass is 16.5. The number of aromatic amines is 2. The molecule has 4 heterocycles. The van der Waals surface area contributed by atoms with Crippen molar-refractivity contribution in [2.75, 3.05) is 33.5 Å². The molecule has 2 saturated heterocycles. The lowest BCUT2D eigenvalue weighted by molar-refractivity contribution is -0.136. The van der Waals surface area contributed by atoms with Crippen molar-refractivity contribution in [1.82, 2.24) is 40.4 Å². The fourth-order valence-corrected chi connectivity index (χ4v) is 8.81. The van der Waals surface area contributed by atoms with Crippen LogP contribution in [0, 0.1) is 11.8 Å². The Kier molecular flexibility index (Phi) is 13.8. The number of H-pyrrole nitrogens is 2. The number of methoxy groups -OCH3 is 1. The topological polar surface area (TPSA) is 152 Å². The van der Waals surface area contributed by atoms with Crippen molar-refractivity contribution in [3.8, 4) is 33.6 Å². The Balaban J connectivity index is 1.10. The van der Waals surface area contributed by atoms with Gasteiger partial charge >= 0.3 is 6.09 Å². The summed E-state index contributed by atoms with van der Waals surface area (Å²) in [4.78, 5) is 46.5. The monoisotopic (exact) mass is 752 g/mol. The SMILES string of the molecule is CCC(CC)[C@H](NCOC)C(=O)N1CCCC1c1ncc(-c2ccc(-c3ccc(-c4cnc([C@@H]5CCCN5C[C@@H](NC(=O)O)C(CC)CC)[nH]4)cc3)cc2)[nH]1. The van der Waals surface area contributed by atoms with Crippen molar-refractivity contribution < 1.29 is 19.4 Å². The van der Waals surface area contributed by atoms with Gasteiger partial charge in [0.05, 0.1) is 48.6 Å². The van der Waals surface area contributed by atoms with Crippen LogP contribution in [0.3, 0.4) is 0 Å². The van der Waals surface area contributed by atoms with Crippen molar-refractivity contribution in [3.63, 3.8) is 0 Å². The van der Waals surface area contributed by atoms with E-state index in [0.29, 0.717) is 19.2 Å². The van der Waals surface area contributed by atoms with Crippen LogP contribution >= 0.6 is 0 Å².